The lowest BCUT2D eigenvalue weighted by Crippen LogP contribution is -2.48. The van der Waals surface area contributed by atoms with E-state index in [9.17, 15) is 9.59 Å². The van der Waals surface area contributed by atoms with E-state index in [4.69, 9.17) is 9.47 Å². The molecule has 0 spiro atoms. The van der Waals surface area contributed by atoms with Crippen LogP contribution in [-0.4, -0.2) is 55.7 Å². The van der Waals surface area contributed by atoms with Crippen molar-refractivity contribution in [3.05, 3.63) is 29.8 Å². The van der Waals surface area contributed by atoms with Gasteiger partial charge in [-0.3, -0.25) is 9.59 Å². The maximum absolute atomic E-state index is 12.7. The van der Waals surface area contributed by atoms with Crippen LogP contribution in [0.2, 0.25) is 0 Å². The van der Waals surface area contributed by atoms with Gasteiger partial charge in [0.2, 0.25) is 5.91 Å². The minimum Gasteiger partial charge on any atom is -0.375 e. The number of hydrogen-bond acceptors (Lipinski definition) is 4. The molecule has 6 heteroatoms. The molecule has 0 aliphatic carbocycles. The number of amides is 2. The van der Waals surface area contributed by atoms with Gasteiger partial charge in [0.05, 0.1) is 23.5 Å². The molecule has 0 radical (unpaired) electrons. The monoisotopic (exact) mass is 306 g/mol. The Morgan fingerprint density at radius 1 is 1.27 bits per heavy atom. The summed E-state index contributed by atoms with van der Waals surface area (Å²) < 4.78 is 10.4. The molecule has 2 amide bonds. The number of hydrogen-bond donors (Lipinski definition) is 1. The average Bonchev–Trinajstić information content (AvgIpc) is 2.46. The van der Waals surface area contributed by atoms with Crippen LogP contribution in [0.3, 0.4) is 0 Å². The molecule has 1 N–H and O–H groups in total. The van der Waals surface area contributed by atoms with Crippen LogP contribution in [0, 0.1) is 0 Å². The first-order chi connectivity index (χ1) is 10.5. The maximum atomic E-state index is 12.7. The third-order valence-corrected chi connectivity index (χ3v) is 3.41. The highest BCUT2D eigenvalue weighted by atomic mass is 16.5. The highest BCUT2D eigenvalue weighted by Gasteiger charge is 2.27. The summed E-state index contributed by atoms with van der Waals surface area (Å²) in [6, 6.07) is 7.00. The minimum absolute atomic E-state index is 0.00273. The minimum atomic E-state index is -0.286. The van der Waals surface area contributed by atoms with E-state index in [2.05, 4.69) is 5.32 Å². The second-order valence-electron chi connectivity index (χ2n) is 5.49. The average molecular weight is 306 g/mol. The molecule has 0 unspecified atom stereocenters. The van der Waals surface area contributed by atoms with Crippen molar-refractivity contribution in [1.82, 2.24) is 4.90 Å². The fourth-order valence-electron chi connectivity index (χ4n) is 2.61. The largest absolute Gasteiger partial charge is 0.375 e. The van der Waals surface area contributed by atoms with Crippen LogP contribution in [0.15, 0.2) is 24.3 Å². The van der Waals surface area contributed by atoms with Crippen molar-refractivity contribution in [2.75, 3.05) is 32.1 Å². The lowest BCUT2D eigenvalue weighted by molar-refractivity contribution is -0.119. The van der Waals surface area contributed by atoms with E-state index in [1.807, 2.05) is 13.8 Å². The summed E-state index contributed by atoms with van der Waals surface area (Å²) in [5, 5.41) is 2.71. The van der Waals surface area contributed by atoms with Crippen molar-refractivity contribution in [2.24, 2.45) is 0 Å². The normalized spacial score (nSPS) is 21.5. The molecule has 6 nitrogen and oxygen atoms in total. The van der Waals surface area contributed by atoms with E-state index in [-0.39, 0.29) is 30.6 Å². The van der Waals surface area contributed by atoms with Crippen molar-refractivity contribution in [2.45, 2.75) is 26.1 Å². The molecule has 1 aromatic carbocycles. The summed E-state index contributed by atoms with van der Waals surface area (Å²) in [7, 11) is 1.45. The Kier molecular flexibility index (Phi) is 5.51. The highest BCUT2D eigenvalue weighted by molar-refractivity contribution is 6.04. The van der Waals surface area contributed by atoms with E-state index in [0.29, 0.717) is 24.3 Å². The zero-order valence-electron chi connectivity index (χ0n) is 13.2. The summed E-state index contributed by atoms with van der Waals surface area (Å²) in [4.78, 5) is 26.2. The number of morpholine rings is 1. The maximum Gasteiger partial charge on any atom is 0.256 e. The first kappa shape index (κ1) is 16.5. The van der Waals surface area contributed by atoms with Gasteiger partial charge < -0.3 is 19.7 Å². The number of ether oxygens (including phenoxy) is 2. The van der Waals surface area contributed by atoms with Crippen LogP contribution in [-0.2, 0) is 14.3 Å². The van der Waals surface area contributed by atoms with Gasteiger partial charge in [-0.05, 0) is 26.0 Å². The van der Waals surface area contributed by atoms with Gasteiger partial charge in [-0.1, -0.05) is 12.1 Å². The third-order valence-electron chi connectivity index (χ3n) is 3.41. The van der Waals surface area contributed by atoms with Crippen LogP contribution in [0.4, 0.5) is 5.69 Å². The molecule has 1 fully saturated rings. The highest BCUT2D eigenvalue weighted by Crippen LogP contribution is 2.20. The molecular weight excluding hydrogens is 284 g/mol. The fraction of sp³-hybridized carbons (Fsp3) is 0.500. The first-order valence-corrected chi connectivity index (χ1v) is 7.33. The molecule has 120 valence electrons. The second-order valence-corrected chi connectivity index (χ2v) is 5.49. The van der Waals surface area contributed by atoms with Gasteiger partial charge in [0.1, 0.15) is 6.61 Å². The molecule has 2 rings (SSSR count). The van der Waals surface area contributed by atoms with Crippen LogP contribution in [0.1, 0.15) is 24.2 Å². The molecule has 1 aliphatic heterocycles. The van der Waals surface area contributed by atoms with Crippen molar-refractivity contribution in [1.29, 1.82) is 0 Å². The quantitative estimate of drug-likeness (QED) is 0.916. The molecule has 0 aromatic heterocycles. The van der Waals surface area contributed by atoms with Gasteiger partial charge >= 0.3 is 0 Å². The van der Waals surface area contributed by atoms with Crippen LogP contribution in [0.5, 0.6) is 0 Å². The molecule has 1 aromatic rings. The Labute approximate surface area is 130 Å². The lowest BCUT2D eigenvalue weighted by Gasteiger charge is -2.35. The lowest BCUT2D eigenvalue weighted by atomic mass is 10.1. The molecule has 1 heterocycles. The number of para-hydroxylation sites is 1. The summed E-state index contributed by atoms with van der Waals surface area (Å²) in [6.45, 7) is 4.94. The number of carbonyl (C=O) groups is 2. The van der Waals surface area contributed by atoms with Gasteiger partial charge in [-0.25, -0.2) is 0 Å². The number of rotatable bonds is 4. The number of nitrogens with one attached hydrogen (secondary N) is 1. The van der Waals surface area contributed by atoms with E-state index in [1.165, 1.54) is 7.11 Å². The number of benzene rings is 1. The zero-order chi connectivity index (χ0) is 16.1. The predicted octanol–water partition coefficient (Wildman–Crippen LogP) is 1.52. The summed E-state index contributed by atoms with van der Waals surface area (Å²) in [5.41, 5.74) is 0.981. The van der Waals surface area contributed by atoms with Crippen molar-refractivity contribution >= 4 is 17.5 Å². The molecule has 0 saturated carbocycles. The van der Waals surface area contributed by atoms with E-state index >= 15 is 0 Å². The Morgan fingerprint density at radius 2 is 1.91 bits per heavy atom. The van der Waals surface area contributed by atoms with Crippen molar-refractivity contribution in [3.63, 3.8) is 0 Å². The molecule has 1 saturated heterocycles. The van der Waals surface area contributed by atoms with Gasteiger partial charge in [-0.2, -0.15) is 0 Å². The van der Waals surface area contributed by atoms with Gasteiger partial charge in [0, 0.05) is 20.2 Å². The SMILES string of the molecule is COCC(=O)Nc1ccccc1C(=O)N1C[C@H](C)O[C@@H](C)C1. The molecule has 2 atom stereocenters. The fourth-order valence-corrected chi connectivity index (χ4v) is 2.61. The van der Waals surface area contributed by atoms with Crippen LogP contribution >= 0.6 is 0 Å². The molecular formula is C16H22N2O4. The van der Waals surface area contributed by atoms with E-state index < -0.39 is 0 Å². The number of nitrogens with zero attached hydrogens (tertiary/aromatic N) is 1. The van der Waals surface area contributed by atoms with Gasteiger partial charge in [0.25, 0.3) is 5.91 Å². The van der Waals surface area contributed by atoms with Crippen molar-refractivity contribution in [3.8, 4) is 0 Å². The van der Waals surface area contributed by atoms with Crippen LogP contribution < -0.4 is 5.32 Å². The smallest absolute Gasteiger partial charge is 0.256 e. The standard InChI is InChI=1S/C16H22N2O4/c1-11-8-18(9-12(2)22-11)16(20)13-6-4-5-7-14(13)17-15(19)10-21-3/h4-7,11-12H,8-10H2,1-3H3,(H,17,19)/t11-,12-/m0/s1. The van der Waals surface area contributed by atoms with E-state index in [0.717, 1.165) is 0 Å². The predicted molar refractivity (Wildman–Crippen MR) is 82.9 cm³/mol. The third kappa shape index (κ3) is 4.05. The Bertz CT molecular complexity index is 537. The van der Waals surface area contributed by atoms with Gasteiger partial charge in [0.15, 0.2) is 0 Å². The number of carbonyl (C=O) groups excluding carboxylic acids is 2. The number of anilines is 1. The Morgan fingerprint density at radius 3 is 2.55 bits per heavy atom. The Hall–Kier alpha value is -1.92. The Balaban J connectivity index is 2.17. The topological polar surface area (TPSA) is 67.9 Å². The molecule has 0 bridgehead atoms. The first-order valence-electron chi connectivity index (χ1n) is 7.33. The van der Waals surface area contributed by atoms with Crippen LogP contribution in [0.25, 0.3) is 0 Å². The van der Waals surface area contributed by atoms with Gasteiger partial charge in [-0.15, -0.1) is 0 Å². The summed E-state index contributed by atoms with van der Waals surface area (Å²) in [6.07, 6.45) is 0.00545. The van der Waals surface area contributed by atoms with Crippen molar-refractivity contribution < 1.29 is 19.1 Å². The molecule has 22 heavy (non-hydrogen) atoms. The van der Waals surface area contributed by atoms with E-state index in [1.54, 1.807) is 29.2 Å². The summed E-state index contributed by atoms with van der Waals surface area (Å²) >= 11 is 0. The summed E-state index contributed by atoms with van der Waals surface area (Å²) in [5.74, 6) is -0.387. The zero-order valence-corrected chi connectivity index (χ0v) is 13.2. The second kappa shape index (κ2) is 7.38. The number of methoxy groups -OCH3 is 1. The molecule has 1 aliphatic rings.